The molecule has 0 rings (SSSR count). The number of nitrogens with one attached hydrogen (secondary N) is 1. The summed E-state index contributed by atoms with van der Waals surface area (Å²) in [7, 11) is -0.451. The predicted molar refractivity (Wildman–Crippen MR) is 27.5 cm³/mol. The molecule has 0 heterocycles. The van der Waals surface area contributed by atoms with Gasteiger partial charge in [0, 0.05) is 0 Å². The molecule has 4 nitrogen and oxygen atoms in total. The molecule has 6 heteroatoms. The molecule has 0 aromatic carbocycles. The molecule has 0 radical (unpaired) electrons. The van der Waals surface area contributed by atoms with Crippen LogP contribution in [0.1, 0.15) is 0 Å². The van der Waals surface area contributed by atoms with Gasteiger partial charge in [-0.25, -0.2) is 9.36 Å². The molecular weight excluding hydrogens is 142 g/mol. The van der Waals surface area contributed by atoms with Crippen LogP contribution in [0.15, 0.2) is 0 Å². The molecule has 7 heavy (non-hydrogen) atoms. The topological polar surface area (TPSA) is 72.2 Å². The number of urea groups is 1. The summed E-state index contributed by atoms with van der Waals surface area (Å²) in [5, 5.41) is 1.76. The van der Waals surface area contributed by atoms with Gasteiger partial charge in [-0.1, -0.05) is 0 Å². The fourth-order valence-corrected chi connectivity index (χ4v) is 0.135. The Labute approximate surface area is 84.9 Å². The number of primary amides is 1. The van der Waals surface area contributed by atoms with E-state index in [1.54, 1.807) is 5.09 Å². The van der Waals surface area contributed by atoms with Gasteiger partial charge in [0.15, 0.2) is 0 Å². The van der Waals surface area contributed by atoms with Crippen LogP contribution in [0.2, 0.25) is 0 Å². The molecule has 0 fully saturated rings. The predicted octanol–water partition coefficient (Wildman–Crippen LogP) is -0.787. The van der Waals surface area contributed by atoms with E-state index in [4.69, 9.17) is 0 Å². The number of hydrogen-bond acceptors (Lipinski definition) is 2. The Morgan fingerprint density at radius 3 is 2.14 bits per heavy atom. The molecule has 0 atom stereocenters. The van der Waals surface area contributed by atoms with Gasteiger partial charge in [0.2, 0.25) is 0 Å². The number of carbonyl (C=O) groups excluding carboxylic acids is 1. The first kappa shape index (κ1) is 10.9. The Morgan fingerprint density at radius 1 is 1.71 bits per heavy atom. The molecule has 0 saturated heterocycles. The molecule has 0 unspecified atom stereocenters. The van der Waals surface area contributed by atoms with E-state index in [0.29, 0.717) is 0 Å². The third kappa shape index (κ3) is 10.9. The number of amides is 2. The van der Waals surface area contributed by atoms with Gasteiger partial charge in [0.25, 0.3) is 8.61 Å². The molecule has 36 valence electrons. The summed E-state index contributed by atoms with van der Waals surface area (Å²) < 4.78 is 9.30. The van der Waals surface area contributed by atoms with Crippen molar-refractivity contribution in [3.63, 3.8) is 0 Å². The fourth-order valence-electron chi connectivity index (χ4n) is 0.0450. The second kappa shape index (κ2) is 7.01. The van der Waals surface area contributed by atoms with Crippen molar-refractivity contribution in [3.8, 4) is 0 Å². The number of nitrogens with two attached hydrogens (primary N) is 1. The molecule has 0 aromatic rings. The molecule has 0 saturated carbocycles. The molecule has 0 spiro atoms. The van der Waals surface area contributed by atoms with E-state index >= 15 is 0 Å². The van der Waals surface area contributed by atoms with Gasteiger partial charge in [0.05, 0.1) is 0 Å². The van der Waals surface area contributed by atoms with E-state index in [9.17, 15) is 9.36 Å². The quantitative estimate of drug-likeness (QED) is 0.376. The molecule has 0 aliphatic carbocycles. The van der Waals surface area contributed by atoms with Crippen LogP contribution in [0.4, 0.5) is 4.79 Å². The molecule has 0 aliphatic rings. The van der Waals surface area contributed by atoms with Crippen LogP contribution in [-0.2, 0) is 4.57 Å². The summed E-state index contributed by atoms with van der Waals surface area (Å²) >= 11 is 0. The Bertz CT molecular complexity index is 76.1. The Balaban J connectivity index is 0. The third-order valence-electron chi connectivity index (χ3n) is 0.156. The summed E-state index contributed by atoms with van der Waals surface area (Å²) in [6.45, 7) is 0. The Kier molecular flexibility index (Phi) is 10.9. The summed E-state index contributed by atoms with van der Waals surface area (Å²) in [4.78, 5) is 9.50. The Hall–Kier alpha value is 1.01. The second-order valence-electron chi connectivity index (χ2n) is 0.567. The molecule has 0 aromatic heterocycles. The number of carbonyl (C=O) groups is 1. The minimum absolute atomic E-state index is 0. The maximum absolute atomic E-state index is 9.50. The zero-order valence-corrected chi connectivity index (χ0v) is 3.74. The van der Waals surface area contributed by atoms with E-state index in [0.717, 1.165) is 0 Å². The summed E-state index contributed by atoms with van der Waals surface area (Å²) in [5.41, 5.74) is 4.45. The maximum atomic E-state index is 9.50. The summed E-state index contributed by atoms with van der Waals surface area (Å²) in [5.74, 6) is 0. The van der Waals surface area contributed by atoms with Gasteiger partial charge in [-0.2, -0.15) is 0 Å². The van der Waals surface area contributed by atoms with Gasteiger partial charge in [-0.15, -0.1) is 0 Å². The SMILES string of the molecule is NC(=O)NP=O.[KH]. The van der Waals surface area contributed by atoms with Crippen molar-refractivity contribution in [2.24, 2.45) is 5.73 Å². The molecular formula is CH4KN2O2P. The van der Waals surface area contributed by atoms with Crippen LogP contribution in [0, 0.1) is 0 Å². The van der Waals surface area contributed by atoms with Crippen molar-refractivity contribution in [1.82, 2.24) is 5.09 Å². The van der Waals surface area contributed by atoms with Gasteiger partial charge in [-0.05, 0) is 0 Å². The normalized spacial score (nSPS) is 6.86. The first-order chi connectivity index (χ1) is 2.77. The molecule has 0 bridgehead atoms. The van der Waals surface area contributed by atoms with Gasteiger partial charge < -0.3 is 5.73 Å². The first-order valence-electron chi connectivity index (χ1n) is 1.15. The zero-order chi connectivity index (χ0) is 4.99. The van der Waals surface area contributed by atoms with Crippen LogP contribution < -0.4 is 10.8 Å². The monoisotopic (exact) mass is 146 g/mol. The van der Waals surface area contributed by atoms with Gasteiger partial charge in [0.1, 0.15) is 0 Å². The van der Waals surface area contributed by atoms with E-state index < -0.39 is 14.6 Å². The van der Waals surface area contributed by atoms with Crippen molar-refractivity contribution in [1.29, 1.82) is 0 Å². The van der Waals surface area contributed by atoms with Crippen molar-refractivity contribution in [3.05, 3.63) is 0 Å². The van der Waals surface area contributed by atoms with Crippen LogP contribution in [0.25, 0.3) is 0 Å². The number of rotatable bonds is 1. The van der Waals surface area contributed by atoms with E-state index in [1.165, 1.54) is 0 Å². The van der Waals surface area contributed by atoms with Crippen LogP contribution >= 0.6 is 8.61 Å². The second-order valence-corrected chi connectivity index (χ2v) is 0.974. The minimum atomic E-state index is -0.785. The first-order valence-corrected chi connectivity index (χ1v) is 1.96. The zero-order valence-electron chi connectivity index (χ0n) is 2.84. The molecule has 2 amide bonds. The van der Waals surface area contributed by atoms with Crippen molar-refractivity contribution in [2.75, 3.05) is 0 Å². The van der Waals surface area contributed by atoms with Crippen LogP contribution in [-0.4, -0.2) is 57.4 Å². The standard InChI is InChI=1S/CH3N2O2P.K.H/c2-1(4)3-6-5;;/h(H3,2,3,4,5);;. The van der Waals surface area contributed by atoms with E-state index in [1.807, 2.05) is 0 Å². The number of hydrogen-bond donors (Lipinski definition) is 2. The van der Waals surface area contributed by atoms with Gasteiger partial charge in [-0.3, -0.25) is 5.09 Å². The van der Waals surface area contributed by atoms with Crippen LogP contribution in [0.5, 0.6) is 0 Å². The van der Waals surface area contributed by atoms with Crippen molar-refractivity contribution < 1.29 is 9.36 Å². The fraction of sp³-hybridized carbons (Fsp3) is 0. The average Bonchev–Trinajstić information content (AvgIpc) is 1.35. The van der Waals surface area contributed by atoms with Crippen molar-refractivity contribution >= 4 is 66.0 Å². The summed E-state index contributed by atoms with van der Waals surface area (Å²) in [6, 6.07) is -0.785. The summed E-state index contributed by atoms with van der Waals surface area (Å²) in [6.07, 6.45) is 0. The Morgan fingerprint density at radius 2 is 2.14 bits per heavy atom. The van der Waals surface area contributed by atoms with E-state index in [2.05, 4.69) is 5.73 Å². The van der Waals surface area contributed by atoms with E-state index in [-0.39, 0.29) is 51.4 Å². The van der Waals surface area contributed by atoms with Gasteiger partial charge >= 0.3 is 57.4 Å². The van der Waals surface area contributed by atoms with Crippen LogP contribution in [0.3, 0.4) is 0 Å². The third-order valence-corrected chi connectivity index (χ3v) is 0.468. The van der Waals surface area contributed by atoms with Crippen molar-refractivity contribution in [2.45, 2.75) is 0 Å². The molecule has 0 aliphatic heterocycles. The molecule has 3 N–H and O–H groups in total. The average molecular weight is 146 g/mol.